The maximum Gasteiger partial charge on any atom is 0.262 e. The van der Waals surface area contributed by atoms with E-state index in [2.05, 4.69) is 50.8 Å². The zero-order valence-electron chi connectivity index (χ0n) is 18.5. The first-order valence-electron chi connectivity index (χ1n) is 10.6. The first-order valence-corrected chi connectivity index (χ1v) is 11.4. The van der Waals surface area contributed by atoms with Crippen LogP contribution < -0.4 is 20.1 Å². The van der Waals surface area contributed by atoms with Crippen molar-refractivity contribution < 1.29 is 14.3 Å². The topological polar surface area (TPSA) is 59.6 Å². The van der Waals surface area contributed by atoms with Gasteiger partial charge >= 0.3 is 0 Å². The molecule has 168 valence electrons. The van der Waals surface area contributed by atoms with Crippen LogP contribution in [-0.2, 0) is 11.3 Å². The van der Waals surface area contributed by atoms with E-state index in [-0.39, 0.29) is 12.5 Å². The van der Waals surface area contributed by atoms with Crippen LogP contribution in [-0.4, -0.2) is 19.6 Å². The molecule has 4 rings (SSSR count). The minimum atomic E-state index is -0.241. The summed E-state index contributed by atoms with van der Waals surface area (Å²) in [5.74, 6) is 0.808. The molecule has 6 heteroatoms. The summed E-state index contributed by atoms with van der Waals surface area (Å²) in [6, 6.07) is 26.0. The number of carbonyl (C=O) groups excluding carboxylic acids is 1. The van der Waals surface area contributed by atoms with Crippen molar-refractivity contribution in [2.24, 2.45) is 0 Å². The smallest absolute Gasteiger partial charge is 0.262 e. The van der Waals surface area contributed by atoms with Crippen LogP contribution >= 0.6 is 15.9 Å². The van der Waals surface area contributed by atoms with Gasteiger partial charge in [-0.25, -0.2) is 0 Å². The molecule has 4 aromatic rings. The molecule has 0 heterocycles. The van der Waals surface area contributed by atoms with E-state index in [0.29, 0.717) is 18.0 Å². The normalized spacial score (nSPS) is 10.6. The van der Waals surface area contributed by atoms with Crippen LogP contribution in [0.5, 0.6) is 11.5 Å². The number of nitrogens with one attached hydrogen (secondary N) is 2. The Labute approximate surface area is 201 Å². The van der Waals surface area contributed by atoms with E-state index in [1.165, 1.54) is 10.8 Å². The second-order valence-corrected chi connectivity index (χ2v) is 8.55. The minimum absolute atomic E-state index is 0.129. The number of amides is 1. The summed E-state index contributed by atoms with van der Waals surface area (Å²) in [5, 5.41) is 8.69. The maximum absolute atomic E-state index is 12.3. The van der Waals surface area contributed by atoms with Crippen molar-refractivity contribution in [2.75, 3.05) is 24.4 Å². The van der Waals surface area contributed by atoms with Crippen LogP contribution in [0.15, 0.2) is 83.3 Å². The van der Waals surface area contributed by atoms with Crippen LogP contribution in [0.2, 0.25) is 0 Å². The number of ether oxygens (including phenoxy) is 2. The van der Waals surface area contributed by atoms with Gasteiger partial charge in [0.25, 0.3) is 5.91 Å². The largest absolute Gasteiger partial charge is 0.493 e. The van der Waals surface area contributed by atoms with Gasteiger partial charge in [0.2, 0.25) is 0 Å². The molecular formula is C27H25BrN2O3. The van der Waals surface area contributed by atoms with Crippen molar-refractivity contribution in [3.05, 3.63) is 94.5 Å². The zero-order chi connectivity index (χ0) is 23.2. The summed E-state index contributed by atoms with van der Waals surface area (Å²) in [5.41, 5.74) is 3.95. The van der Waals surface area contributed by atoms with E-state index >= 15 is 0 Å². The second-order valence-electron chi connectivity index (χ2n) is 7.69. The highest BCUT2D eigenvalue weighted by Gasteiger charge is 2.14. The fraction of sp³-hybridized carbons (Fsp3) is 0.148. The molecule has 0 aliphatic rings. The highest BCUT2D eigenvalue weighted by Crippen LogP contribution is 2.37. The number of hydrogen-bond acceptors (Lipinski definition) is 4. The molecule has 0 fully saturated rings. The van der Waals surface area contributed by atoms with Gasteiger partial charge in [-0.05, 0) is 64.1 Å². The number of rotatable bonds is 8. The van der Waals surface area contributed by atoms with Crippen LogP contribution in [0.25, 0.3) is 10.8 Å². The molecule has 0 unspecified atom stereocenters. The van der Waals surface area contributed by atoms with E-state index in [1.807, 2.05) is 61.5 Å². The van der Waals surface area contributed by atoms with Gasteiger partial charge in [0.1, 0.15) is 0 Å². The highest BCUT2D eigenvalue weighted by molar-refractivity contribution is 9.10. The molecule has 0 aromatic heterocycles. The standard InChI is InChI=1S/C27H25BrN2O3/c1-18-10-12-21(13-11-18)30-26(31)17-33-27-23(28)14-19(15-25(27)32-2)16-29-24-9-5-7-20-6-3-4-8-22(20)24/h3-15,29H,16-17H2,1-2H3,(H,30,31). The molecule has 0 saturated carbocycles. The van der Waals surface area contributed by atoms with Gasteiger partial charge in [-0.2, -0.15) is 0 Å². The molecule has 0 atom stereocenters. The molecule has 5 nitrogen and oxygen atoms in total. The Morgan fingerprint density at radius 2 is 1.73 bits per heavy atom. The third-order valence-electron chi connectivity index (χ3n) is 5.24. The SMILES string of the molecule is COc1cc(CNc2cccc3ccccc23)cc(Br)c1OCC(=O)Nc1ccc(C)cc1. The van der Waals surface area contributed by atoms with Crippen LogP contribution in [0, 0.1) is 6.92 Å². The fourth-order valence-corrected chi connectivity index (χ4v) is 4.17. The van der Waals surface area contributed by atoms with Gasteiger partial charge in [0.05, 0.1) is 11.6 Å². The van der Waals surface area contributed by atoms with Crippen LogP contribution in [0.4, 0.5) is 11.4 Å². The maximum atomic E-state index is 12.3. The van der Waals surface area contributed by atoms with Crippen molar-refractivity contribution in [3.63, 3.8) is 0 Å². The second kappa shape index (κ2) is 10.4. The minimum Gasteiger partial charge on any atom is -0.493 e. The van der Waals surface area contributed by atoms with E-state index in [4.69, 9.17) is 9.47 Å². The number of anilines is 2. The van der Waals surface area contributed by atoms with Crippen molar-refractivity contribution in [2.45, 2.75) is 13.5 Å². The molecule has 0 spiro atoms. The lowest BCUT2D eigenvalue weighted by Crippen LogP contribution is -2.20. The predicted octanol–water partition coefficient (Wildman–Crippen LogP) is 6.55. The van der Waals surface area contributed by atoms with E-state index < -0.39 is 0 Å². The number of halogens is 1. The summed E-state index contributed by atoms with van der Waals surface area (Å²) < 4.78 is 12.0. The van der Waals surface area contributed by atoms with Crippen LogP contribution in [0.3, 0.4) is 0 Å². The summed E-state index contributed by atoms with van der Waals surface area (Å²) in [4.78, 5) is 12.3. The number of benzene rings is 4. The lowest BCUT2D eigenvalue weighted by molar-refractivity contribution is -0.118. The fourth-order valence-electron chi connectivity index (χ4n) is 3.56. The van der Waals surface area contributed by atoms with Crippen molar-refractivity contribution >= 4 is 44.0 Å². The molecule has 0 aliphatic carbocycles. The Kier molecular flexibility index (Phi) is 7.15. The molecule has 1 amide bonds. The Bertz CT molecular complexity index is 1270. The predicted molar refractivity (Wildman–Crippen MR) is 137 cm³/mol. The van der Waals surface area contributed by atoms with E-state index in [1.54, 1.807) is 7.11 Å². The third-order valence-corrected chi connectivity index (χ3v) is 5.83. The quantitative estimate of drug-likeness (QED) is 0.285. The molecule has 0 radical (unpaired) electrons. The number of methoxy groups -OCH3 is 1. The van der Waals surface area contributed by atoms with Crippen molar-refractivity contribution in [3.8, 4) is 11.5 Å². The Balaban J connectivity index is 1.43. The van der Waals surface area contributed by atoms with Crippen molar-refractivity contribution in [1.82, 2.24) is 0 Å². The molecule has 2 N–H and O–H groups in total. The summed E-state index contributed by atoms with van der Waals surface area (Å²) in [6.07, 6.45) is 0. The molecule has 4 aromatic carbocycles. The number of fused-ring (bicyclic) bond motifs is 1. The Morgan fingerprint density at radius 1 is 0.970 bits per heavy atom. The first kappa shape index (κ1) is 22.7. The number of aryl methyl sites for hydroxylation is 1. The number of hydrogen-bond donors (Lipinski definition) is 2. The molecule has 0 bridgehead atoms. The molecule has 33 heavy (non-hydrogen) atoms. The number of carbonyl (C=O) groups is 1. The third kappa shape index (κ3) is 5.65. The van der Waals surface area contributed by atoms with Gasteiger partial charge in [0.15, 0.2) is 18.1 Å². The monoisotopic (exact) mass is 504 g/mol. The van der Waals surface area contributed by atoms with Gasteiger partial charge in [-0.3, -0.25) is 4.79 Å². The average Bonchev–Trinajstić information content (AvgIpc) is 2.83. The summed E-state index contributed by atoms with van der Waals surface area (Å²) in [6.45, 7) is 2.48. The lowest BCUT2D eigenvalue weighted by Gasteiger charge is -2.15. The summed E-state index contributed by atoms with van der Waals surface area (Å²) in [7, 11) is 1.59. The Hall–Kier alpha value is -3.51. The van der Waals surface area contributed by atoms with Crippen LogP contribution in [0.1, 0.15) is 11.1 Å². The summed E-state index contributed by atoms with van der Waals surface area (Å²) >= 11 is 3.57. The molecular weight excluding hydrogens is 480 g/mol. The van der Waals surface area contributed by atoms with Gasteiger partial charge in [0, 0.05) is 23.3 Å². The van der Waals surface area contributed by atoms with Crippen molar-refractivity contribution in [1.29, 1.82) is 0 Å². The van der Waals surface area contributed by atoms with E-state index in [9.17, 15) is 4.79 Å². The zero-order valence-corrected chi connectivity index (χ0v) is 20.1. The molecule has 0 aliphatic heterocycles. The first-order chi connectivity index (χ1) is 16.0. The highest BCUT2D eigenvalue weighted by atomic mass is 79.9. The lowest BCUT2D eigenvalue weighted by atomic mass is 10.1. The van der Waals surface area contributed by atoms with E-state index in [0.717, 1.165) is 27.0 Å². The Morgan fingerprint density at radius 3 is 2.52 bits per heavy atom. The average molecular weight is 505 g/mol. The molecule has 0 saturated heterocycles. The van der Waals surface area contributed by atoms with Gasteiger partial charge < -0.3 is 20.1 Å². The van der Waals surface area contributed by atoms with Gasteiger partial charge in [-0.15, -0.1) is 0 Å². The van der Waals surface area contributed by atoms with Gasteiger partial charge in [-0.1, -0.05) is 54.1 Å².